The Morgan fingerprint density at radius 3 is 2.55 bits per heavy atom. The summed E-state index contributed by atoms with van der Waals surface area (Å²) in [7, 11) is 0. The molecular formula is C15H14Cl2FNO. The Morgan fingerprint density at radius 2 is 1.95 bits per heavy atom. The van der Waals surface area contributed by atoms with E-state index in [1.165, 1.54) is 12.1 Å². The van der Waals surface area contributed by atoms with Gasteiger partial charge >= 0.3 is 0 Å². The molecule has 0 saturated heterocycles. The minimum absolute atomic E-state index is 0.0660. The fourth-order valence-corrected chi connectivity index (χ4v) is 2.52. The lowest BCUT2D eigenvalue weighted by Crippen LogP contribution is -2.10. The summed E-state index contributed by atoms with van der Waals surface area (Å²) < 4.78 is 13.3. The normalized spacial score (nSPS) is 12.2. The summed E-state index contributed by atoms with van der Waals surface area (Å²) in [6.07, 6.45) is 0.768. The Balaban J connectivity index is 2.26. The summed E-state index contributed by atoms with van der Waals surface area (Å²) in [6.45, 7) is 2.00. The van der Waals surface area contributed by atoms with Gasteiger partial charge in [-0.25, -0.2) is 4.39 Å². The summed E-state index contributed by atoms with van der Waals surface area (Å²) in [5, 5.41) is 13.5. The molecule has 0 radical (unpaired) electrons. The van der Waals surface area contributed by atoms with Crippen molar-refractivity contribution in [3.8, 4) is 5.75 Å². The molecule has 1 unspecified atom stereocenters. The van der Waals surface area contributed by atoms with Crippen LogP contribution < -0.4 is 5.32 Å². The molecule has 2 nitrogen and oxygen atoms in total. The lowest BCUT2D eigenvalue weighted by atomic mass is 10.0. The quantitative estimate of drug-likeness (QED) is 0.740. The monoisotopic (exact) mass is 313 g/mol. The molecule has 20 heavy (non-hydrogen) atoms. The van der Waals surface area contributed by atoms with Gasteiger partial charge in [0.25, 0.3) is 0 Å². The molecule has 2 aromatic rings. The molecule has 0 aromatic heterocycles. The smallest absolute Gasteiger partial charge is 0.166 e. The van der Waals surface area contributed by atoms with E-state index in [1.54, 1.807) is 18.2 Å². The van der Waals surface area contributed by atoms with Crippen molar-refractivity contribution in [1.82, 2.24) is 0 Å². The summed E-state index contributed by atoms with van der Waals surface area (Å²) in [4.78, 5) is 0. The molecule has 0 spiro atoms. The van der Waals surface area contributed by atoms with Crippen LogP contribution in [0.2, 0.25) is 10.0 Å². The topological polar surface area (TPSA) is 32.3 Å². The fourth-order valence-electron chi connectivity index (χ4n) is 1.98. The lowest BCUT2D eigenvalue weighted by Gasteiger charge is -2.20. The van der Waals surface area contributed by atoms with Gasteiger partial charge < -0.3 is 10.4 Å². The number of phenolic OH excluding ortho intramolecular Hbond substituents is 1. The third-order valence-corrected chi connectivity index (χ3v) is 3.60. The van der Waals surface area contributed by atoms with Gasteiger partial charge in [-0.1, -0.05) is 36.2 Å². The van der Waals surface area contributed by atoms with Gasteiger partial charge in [0, 0.05) is 21.8 Å². The van der Waals surface area contributed by atoms with Crippen molar-refractivity contribution in [3.05, 3.63) is 57.8 Å². The van der Waals surface area contributed by atoms with E-state index in [-0.39, 0.29) is 11.8 Å². The van der Waals surface area contributed by atoms with Gasteiger partial charge in [-0.3, -0.25) is 0 Å². The molecule has 1 atom stereocenters. The fraction of sp³-hybridized carbons (Fsp3) is 0.200. The van der Waals surface area contributed by atoms with Crippen molar-refractivity contribution < 1.29 is 9.50 Å². The first-order chi connectivity index (χ1) is 9.51. The second kappa shape index (κ2) is 6.33. The van der Waals surface area contributed by atoms with E-state index in [0.29, 0.717) is 15.7 Å². The molecule has 0 heterocycles. The second-order valence-electron chi connectivity index (χ2n) is 4.44. The highest BCUT2D eigenvalue weighted by Gasteiger charge is 2.14. The van der Waals surface area contributed by atoms with Gasteiger partial charge in [0.2, 0.25) is 0 Å². The van der Waals surface area contributed by atoms with Crippen LogP contribution in [0.1, 0.15) is 24.9 Å². The highest BCUT2D eigenvalue weighted by atomic mass is 35.5. The molecule has 0 aliphatic rings. The van der Waals surface area contributed by atoms with E-state index in [4.69, 9.17) is 23.2 Å². The molecular weight excluding hydrogens is 300 g/mol. The molecule has 5 heteroatoms. The Hall–Kier alpha value is -1.45. The van der Waals surface area contributed by atoms with Crippen LogP contribution in [-0.4, -0.2) is 5.11 Å². The molecule has 0 bridgehead atoms. The van der Waals surface area contributed by atoms with Crippen LogP contribution in [0, 0.1) is 5.82 Å². The zero-order chi connectivity index (χ0) is 14.7. The molecule has 0 fully saturated rings. The predicted molar refractivity (Wildman–Crippen MR) is 81.2 cm³/mol. The maximum absolute atomic E-state index is 13.3. The highest BCUT2D eigenvalue weighted by molar-refractivity contribution is 6.35. The SMILES string of the molecule is CCC(Nc1ccc(O)c(F)c1)c1ccc(Cl)cc1Cl. The van der Waals surface area contributed by atoms with E-state index >= 15 is 0 Å². The second-order valence-corrected chi connectivity index (χ2v) is 5.28. The maximum Gasteiger partial charge on any atom is 0.166 e. The summed E-state index contributed by atoms with van der Waals surface area (Å²) >= 11 is 12.1. The number of rotatable bonds is 4. The number of phenols is 1. The number of nitrogens with one attached hydrogen (secondary N) is 1. The van der Waals surface area contributed by atoms with Crippen LogP contribution in [0.3, 0.4) is 0 Å². The number of anilines is 1. The van der Waals surface area contributed by atoms with Gasteiger partial charge in [0.15, 0.2) is 11.6 Å². The standard InChI is InChI=1S/C15H14Cl2FNO/c1-2-14(11-5-3-9(16)7-12(11)17)19-10-4-6-15(20)13(18)8-10/h3-8,14,19-20H,2H2,1H3. The van der Waals surface area contributed by atoms with E-state index in [0.717, 1.165) is 12.0 Å². The van der Waals surface area contributed by atoms with Crippen LogP contribution in [0.25, 0.3) is 0 Å². The molecule has 106 valence electrons. The van der Waals surface area contributed by atoms with Crippen LogP contribution in [0.15, 0.2) is 36.4 Å². The Labute approximate surface area is 127 Å². The van der Waals surface area contributed by atoms with Crippen LogP contribution in [0.5, 0.6) is 5.75 Å². The zero-order valence-corrected chi connectivity index (χ0v) is 12.3. The van der Waals surface area contributed by atoms with Gasteiger partial charge in [-0.15, -0.1) is 0 Å². The average Bonchev–Trinajstić information content (AvgIpc) is 2.41. The van der Waals surface area contributed by atoms with Crippen molar-refractivity contribution in [1.29, 1.82) is 0 Å². The Morgan fingerprint density at radius 1 is 1.20 bits per heavy atom. The maximum atomic E-state index is 13.3. The number of halogens is 3. The number of hydrogen-bond acceptors (Lipinski definition) is 2. The summed E-state index contributed by atoms with van der Waals surface area (Å²) in [6, 6.07) is 9.41. The summed E-state index contributed by atoms with van der Waals surface area (Å²) in [5.41, 5.74) is 1.48. The van der Waals surface area contributed by atoms with E-state index < -0.39 is 5.82 Å². The third-order valence-electron chi connectivity index (χ3n) is 3.03. The van der Waals surface area contributed by atoms with Crippen LogP contribution >= 0.6 is 23.2 Å². The molecule has 0 amide bonds. The zero-order valence-electron chi connectivity index (χ0n) is 10.8. The number of benzene rings is 2. The minimum atomic E-state index is -0.660. The highest BCUT2D eigenvalue weighted by Crippen LogP contribution is 2.31. The van der Waals surface area contributed by atoms with E-state index in [9.17, 15) is 9.50 Å². The molecule has 0 aliphatic carbocycles. The third kappa shape index (κ3) is 3.35. The van der Waals surface area contributed by atoms with Crippen LogP contribution in [0.4, 0.5) is 10.1 Å². The van der Waals surface area contributed by atoms with Gasteiger partial charge in [-0.05, 0) is 36.2 Å². The molecule has 0 aliphatic heterocycles. The largest absolute Gasteiger partial charge is 0.505 e. The van der Waals surface area contributed by atoms with Gasteiger partial charge in [0.05, 0.1) is 6.04 Å². The first-order valence-corrected chi connectivity index (χ1v) is 6.97. The first-order valence-electron chi connectivity index (χ1n) is 6.21. The molecule has 2 rings (SSSR count). The molecule has 2 N–H and O–H groups in total. The molecule has 2 aromatic carbocycles. The summed E-state index contributed by atoms with van der Waals surface area (Å²) in [5.74, 6) is -1.03. The average molecular weight is 314 g/mol. The first kappa shape index (κ1) is 14.9. The van der Waals surface area contributed by atoms with Gasteiger partial charge in [-0.2, -0.15) is 0 Å². The van der Waals surface area contributed by atoms with E-state index in [1.807, 2.05) is 13.0 Å². The number of hydrogen-bond donors (Lipinski definition) is 2. The Kier molecular flexibility index (Phi) is 4.73. The van der Waals surface area contributed by atoms with E-state index in [2.05, 4.69) is 5.32 Å². The Bertz CT molecular complexity index is 619. The number of aromatic hydroxyl groups is 1. The van der Waals surface area contributed by atoms with Gasteiger partial charge in [0.1, 0.15) is 0 Å². The lowest BCUT2D eigenvalue weighted by molar-refractivity contribution is 0.432. The van der Waals surface area contributed by atoms with Crippen LogP contribution in [-0.2, 0) is 0 Å². The van der Waals surface area contributed by atoms with Crippen molar-refractivity contribution in [2.24, 2.45) is 0 Å². The predicted octanol–water partition coefficient (Wildman–Crippen LogP) is 5.40. The molecule has 0 saturated carbocycles. The minimum Gasteiger partial charge on any atom is -0.505 e. The van der Waals surface area contributed by atoms with Crippen molar-refractivity contribution >= 4 is 28.9 Å². The van der Waals surface area contributed by atoms with Crippen molar-refractivity contribution in [2.75, 3.05) is 5.32 Å². The van der Waals surface area contributed by atoms with Crippen molar-refractivity contribution in [2.45, 2.75) is 19.4 Å². The van der Waals surface area contributed by atoms with Crippen molar-refractivity contribution in [3.63, 3.8) is 0 Å².